The molecule has 0 aliphatic carbocycles. The van der Waals surface area contributed by atoms with Crippen LogP contribution in [0.5, 0.6) is 5.75 Å². The Kier molecular flexibility index (Phi) is 6.06. The van der Waals surface area contributed by atoms with Crippen LogP contribution in [0.3, 0.4) is 0 Å². The van der Waals surface area contributed by atoms with E-state index in [0.717, 1.165) is 29.7 Å². The topological polar surface area (TPSA) is 111 Å². The average Bonchev–Trinajstić information content (AvgIpc) is 3.00. The molecular formula is C18H20F3N7O2. The number of carbonyl (C=O) groups excluding carboxylic acids is 1. The average molecular weight is 423 g/mol. The SMILES string of the molecule is CN(C)CCCOc1ccncc1NC(=O)c1c(N)nn2ccc(C(F)(F)F)nc12. The predicted octanol–water partition coefficient (Wildman–Crippen LogP) is 2.31. The van der Waals surface area contributed by atoms with Crippen molar-refractivity contribution in [2.24, 2.45) is 0 Å². The Morgan fingerprint density at radius 2 is 2.10 bits per heavy atom. The fraction of sp³-hybridized carbons (Fsp3) is 0.333. The Morgan fingerprint density at radius 3 is 2.80 bits per heavy atom. The van der Waals surface area contributed by atoms with E-state index in [-0.39, 0.29) is 22.7 Å². The molecule has 3 N–H and O–H groups in total. The molecule has 12 heteroatoms. The van der Waals surface area contributed by atoms with E-state index >= 15 is 0 Å². The van der Waals surface area contributed by atoms with Gasteiger partial charge >= 0.3 is 6.18 Å². The number of ether oxygens (including phenoxy) is 1. The van der Waals surface area contributed by atoms with Crippen molar-refractivity contribution < 1.29 is 22.7 Å². The first-order valence-corrected chi connectivity index (χ1v) is 8.91. The van der Waals surface area contributed by atoms with Gasteiger partial charge in [0, 0.05) is 25.0 Å². The van der Waals surface area contributed by atoms with E-state index in [2.05, 4.69) is 20.4 Å². The Hall–Kier alpha value is -3.41. The lowest BCUT2D eigenvalue weighted by Gasteiger charge is -2.13. The number of hydrogen-bond acceptors (Lipinski definition) is 7. The predicted molar refractivity (Wildman–Crippen MR) is 103 cm³/mol. The smallest absolute Gasteiger partial charge is 0.433 e. The van der Waals surface area contributed by atoms with Gasteiger partial charge in [-0.2, -0.15) is 13.2 Å². The Morgan fingerprint density at radius 1 is 1.33 bits per heavy atom. The second kappa shape index (κ2) is 8.53. The number of alkyl halides is 3. The van der Waals surface area contributed by atoms with Crippen LogP contribution in [0.1, 0.15) is 22.5 Å². The van der Waals surface area contributed by atoms with Gasteiger partial charge in [0.05, 0.1) is 12.8 Å². The maximum Gasteiger partial charge on any atom is 0.433 e. The highest BCUT2D eigenvalue weighted by molar-refractivity contribution is 6.12. The van der Waals surface area contributed by atoms with Crippen LogP contribution < -0.4 is 15.8 Å². The standard InChI is InChI=1S/C18H20F3N7O2/c1-27(2)7-3-9-30-12-4-6-23-10-11(12)24-17(29)14-15(22)26-28-8-5-13(18(19,20)21)25-16(14)28/h4-6,8,10H,3,7,9H2,1-2H3,(H2,22,26)(H,24,29). The van der Waals surface area contributed by atoms with Gasteiger partial charge in [-0.1, -0.05) is 0 Å². The number of hydrogen-bond donors (Lipinski definition) is 2. The molecule has 3 aromatic heterocycles. The van der Waals surface area contributed by atoms with Crippen LogP contribution in [0.2, 0.25) is 0 Å². The van der Waals surface area contributed by atoms with Crippen LogP contribution >= 0.6 is 0 Å². The number of nitrogens with one attached hydrogen (secondary N) is 1. The van der Waals surface area contributed by atoms with Crippen LogP contribution in [-0.4, -0.2) is 57.6 Å². The first-order valence-electron chi connectivity index (χ1n) is 8.91. The molecule has 3 heterocycles. The lowest BCUT2D eigenvalue weighted by molar-refractivity contribution is -0.141. The Labute approximate surface area is 169 Å². The van der Waals surface area contributed by atoms with Crippen molar-refractivity contribution in [1.29, 1.82) is 0 Å². The van der Waals surface area contributed by atoms with Crippen LogP contribution in [0.25, 0.3) is 5.65 Å². The van der Waals surface area contributed by atoms with Gasteiger partial charge in [0.1, 0.15) is 22.7 Å². The summed E-state index contributed by atoms with van der Waals surface area (Å²) in [5, 5.41) is 6.41. The Bertz CT molecular complexity index is 1050. The molecule has 0 aromatic carbocycles. The minimum absolute atomic E-state index is 0.248. The molecule has 160 valence electrons. The number of nitrogens with zero attached hydrogens (tertiary/aromatic N) is 5. The maximum absolute atomic E-state index is 13.0. The molecule has 0 radical (unpaired) electrons. The summed E-state index contributed by atoms with van der Waals surface area (Å²) in [6.45, 7) is 1.22. The molecule has 0 bridgehead atoms. The zero-order valence-corrected chi connectivity index (χ0v) is 16.3. The number of fused-ring (bicyclic) bond motifs is 1. The van der Waals surface area contributed by atoms with Gasteiger partial charge in [-0.3, -0.25) is 9.78 Å². The van der Waals surface area contributed by atoms with Crippen molar-refractivity contribution in [3.05, 3.63) is 42.0 Å². The number of nitrogen functional groups attached to an aromatic ring is 1. The molecule has 0 aliphatic rings. The van der Waals surface area contributed by atoms with Crippen LogP contribution in [0, 0.1) is 0 Å². The minimum atomic E-state index is -4.68. The third kappa shape index (κ3) is 4.76. The number of halogens is 3. The molecule has 3 rings (SSSR count). The number of carbonyl (C=O) groups is 1. The molecule has 0 saturated carbocycles. The monoisotopic (exact) mass is 423 g/mol. The van der Waals surface area contributed by atoms with Crippen LogP contribution in [0.15, 0.2) is 30.7 Å². The quantitative estimate of drug-likeness (QED) is 0.561. The second-order valence-electron chi connectivity index (χ2n) is 6.67. The van der Waals surface area contributed by atoms with E-state index in [0.29, 0.717) is 12.4 Å². The summed E-state index contributed by atoms with van der Waals surface area (Å²) in [5.41, 5.74) is 4.27. The van der Waals surface area contributed by atoms with Crippen molar-refractivity contribution >= 4 is 23.1 Å². The van der Waals surface area contributed by atoms with Crippen molar-refractivity contribution in [1.82, 2.24) is 24.5 Å². The van der Waals surface area contributed by atoms with Gasteiger partial charge < -0.3 is 20.7 Å². The molecule has 0 unspecified atom stereocenters. The first kappa shape index (κ1) is 21.3. The molecule has 0 aliphatic heterocycles. The van der Waals surface area contributed by atoms with Crippen LogP contribution in [0.4, 0.5) is 24.7 Å². The summed E-state index contributed by atoms with van der Waals surface area (Å²) in [6.07, 6.45) is -0.00558. The normalized spacial score (nSPS) is 11.8. The number of aromatic nitrogens is 4. The lowest BCUT2D eigenvalue weighted by atomic mass is 10.2. The highest BCUT2D eigenvalue weighted by Crippen LogP contribution is 2.29. The van der Waals surface area contributed by atoms with Gasteiger partial charge in [0.25, 0.3) is 5.91 Å². The highest BCUT2D eigenvalue weighted by atomic mass is 19.4. The number of amides is 1. The fourth-order valence-electron chi connectivity index (χ4n) is 2.67. The second-order valence-corrected chi connectivity index (χ2v) is 6.67. The zero-order chi connectivity index (χ0) is 21.9. The number of nitrogens with two attached hydrogens (primary N) is 1. The van der Waals surface area contributed by atoms with Gasteiger partial charge in [0.15, 0.2) is 11.5 Å². The van der Waals surface area contributed by atoms with E-state index < -0.39 is 17.8 Å². The number of pyridine rings is 1. The summed E-state index contributed by atoms with van der Waals surface area (Å²) in [7, 11) is 3.88. The van der Waals surface area contributed by atoms with Crippen molar-refractivity contribution in [2.75, 3.05) is 38.3 Å². The first-order chi connectivity index (χ1) is 14.2. The zero-order valence-electron chi connectivity index (χ0n) is 16.3. The van der Waals surface area contributed by atoms with Gasteiger partial charge in [-0.25, -0.2) is 9.50 Å². The van der Waals surface area contributed by atoms with E-state index in [4.69, 9.17) is 10.5 Å². The van der Waals surface area contributed by atoms with E-state index in [9.17, 15) is 18.0 Å². The van der Waals surface area contributed by atoms with E-state index in [1.807, 2.05) is 19.0 Å². The van der Waals surface area contributed by atoms with Gasteiger partial charge in [0.2, 0.25) is 0 Å². The summed E-state index contributed by atoms with van der Waals surface area (Å²) < 4.78 is 45.7. The molecule has 3 aromatic rings. The minimum Gasteiger partial charge on any atom is -0.491 e. The van der Waals surface area contributed by atoms with Gasteiger partial charge in [-0.15, -0.1) is 5.10 Å². The number of rotatable bonds is 7. The summed E-state index contributed by atoms with van der Waals surface area (Å²) in [6, 6.07) is 2.33. The molecule has 9 nitrogen and oxygen atoms in total. The van der Waals surface area contributed by atoms with Crippen molar-refractivity contribution in [2.45, 2.75) is 12.6 Å². The van der Waals surface area contributed by atoms with Crippen molar-refractivity contribution in [3.8, 4) is 5.75 Å². The lowest BCUT2D eigenvalue weighted by Crippen LogP contribution is -2.17. The van der Waals surface area contributed by atoms with Gasteiger partial charge in [-0.05, 0) is 26.6 Å². The molecule has 0 saturated heterocycles. The third-order valence-electron chi connectivity index (χ3n) is 4.07. The molecule has 1 amide bonds. The molecule has 0 fully saturated rings. The molecular weight excluding hydrogens is 403 g/mol. The third-order valence-corrected chi connectivity index (χ3v) is 4.07. The fourth-order valence-corrected chi connectivity index (χ4v) is 2.67. The molecule has 0 spiro atoms. The van der Waals surface area contributed by atoms with Crippen LogP contribution in [-0.2, 0) is 6.18 Å². The molecule has 30 heavy (non-hydrogen) atoms. The molecule has 0 atom stereocenters. The van der Waals surface area contributed by atoms with E-state index in [1.165, 1.54) is 12.4 Å². The summed E-state index contributed by atoms with van der Waals surface area (Å²) in [4.78, 5) is 22.3. The largest absolute Gasteiger partial charge is 0.491 e. The van der Waals surface area contributed by atoms with E-state index in [1.54, 1.807) is 6.07 Å². The number of anilines is 2. The maximum atomic E-state index is 13.0. The highest BCUT2D eigenvalue weighted by Gasteiger charge is 2.33. The summed E-state index contributed by atoms with van der Waals surface area (Å²) >= 11 is 0. The van der Waals surface area contributed by atoms with Crippen molar-refractivity contribution in [3.63, 3.8) is 0 Å². The Balaban J connectivity index is 1.84. The summed E-state index contributed by atoms with van der Waals surface area (Å²) in [5.74, 6) is -0.659.